The second-order valence-corrected chi connectivity index (χ2v) is 7.91. The van der Waals surface area contributed by atoms with Crippen LogP contribution >= 0.6 is 0 Å². The van der Waals surface area contributed by atoms with E-state index in [1.807, 2.05) is 38.2 Å². The van der Waals surface area contributed by atoms with Gasteiger partial charge in [0, 0.05) is 13.6 Å². The predicted octanol–water partition coefficient (Wildman–Crippen LogP) is 2.96. The topological polar surface area (TPSA) is 49.9 Å². The lowest BCUT2D eigenvalue weighted by molar-refractivity contribution is 0.411. The van der Waals surface area contributed by atoms with Gasteiger partial charge in [-0.05, 0) is 49.2 Å². The van der Waals surface area contributed by atoms with Gasteiger partial charge in [0.2, 0.25) is 0 Å². The van der Waals surface area contributed by atoms with Crippen molar-refractivity contribution in [3.63, 3.8) is 0 Å². The molecule has 0 radical (unpaired) electrons. The number of ether oxygens (including phenoxy) is 1. The van der Waals surface area contributed by atoms with Gasteiger partial charge in [0.15, 0.2) is 0 Å². The van der Waals surface area contributed by atoms with Crippen molar-refractivity contribution in [2.24, 2.45) is 0 Å². The van der Waals surface area contributed by atoms with Gasteiger partial charge in [-0.1, -0.05) is 12.1 Å². The van der Waals surface area contributed by atoms with Crippen LogP contribution in [-0.2, 0) is 10.0 Å². The SMILES string of the molecule is COc1cc(C)c(S(=O)(=O)N2CCN(C)c3ccccc32)cc1C. The third-order valence-electron chi connectivity index (χ3n) is 4.46. The first-order valence-electron chi connectivity index (χ1n) is 7.84. The first-order chi connectivity index (χ1) is 11.4. The van der Waals surface area contributed by atoms with Crippen molar-refractivity contribution in [2.75, 3.05) is 36.5 Å². The Morgan fingerprint density at radius 2 is 1.67 bits per heavy atom. The van der Waals surface area contributed by atoms with E-state index < -0.39 is 10.0 Å². The quantitative estimate of drug-likeness (QED) is 0.857. The predicted molar refractivity (Wildman–Crippen MR) is 96.7 cm³/mol. The standard InChI is InChI=1S/C18H22N2O3S/c1-13-12-18(14(2)11-17(13)23-4)24(21,22)20-10-9-19(3)15-7-5-6-8-16(15)20/h5-8,11-12H,9-10H2,1-4H3. The fourth-order valence-electron chi connectivity index (χ4n) is 3.11. The van der Waals surface area contributed by atoms with Crippen molar-refractivity contribution in [3.05, 3.63) is 47.5 Å². The molecule has 1 aliphatic rings. The van der Waals surface area contributed by atoms with Crippen molar-refractivity contribution in [1.82, 2.24) is 0 Å². The highest BCUT2D eigenvalue weighted by Gasteiger charge is 2.32. The molecular weight excluding hydrogens is 324 g/mol. The summed E-state index contributed by atoms with van der Waals surface area (Å²) in [6.45, 7) is 4.75. The molecule has 3 rings (SSSR count). The van der Waals surface area contributed by atoms with Crippen molar-refractivity contribution in [3.8, 4) is 5.75 Å². The molecule has 128 valence electrons. The molecule has 1 aliphatic heterocycles. The Balaban J connectivity index is 2.13. The van der Waals surface area contributed by atoms with E-state index in [2.05, 4.69) is 4.90 Å². The summed E-state index contributed by atoms with van der Waals surface area (Å²) < 4.78 is 33.4. The molecule has 0 N–H and O–H groups in total. The lowest BCUT2D eigenvalue weighted by Gasteiger charge is -2.36. The molecular formula is C18H22N2O3S. The minimum atomic E-state index is -3.63. The van der Waals surface area contributed by atoms with Crippen LogP contribution in [0.15, 0.2) is 41.3 Å². The molecule has 0 bridgehead atoms. The third kappa shape index (κ3) is 2.60. The molecule has 0 amide bonds. The van der Waals surface area contributed by atoms with Crippen LogP contribution in [0.1, 0.15) is 11.1 Å². The molecule has 2 aromatic rings. The van der Waals surface area contributed by atoms with E-state index in [0.29, 0.717) is 29.3 Å². The maximum Gasteiger partial charge on any atom is 0.264 e. The summed E-state index contributed by atoms with van der Waals surface area (Å²) in [6, 6.07) is 11.1. The first-order valence-corrected chi connectivity index (χ1v) is 9.28. The molecule has 0 saturated heterocycles. The zero-order chi connectivity index (χ0) is 17.5. The molecule has 0 spiro atoms. The zero-order valence-corrected chi connectivity index (χ0v) is 15.2. The Hall–Kier alpha value is -2.21. The van der Waals surface area contributed by atoms with E-state index in [0.717, 1.165) is 16.9 Å². The Kier molecular flexibility index (Phi) is 4.17. The molecule has 0 unspecified atom stereocenters. The van der Waals surface area contributed by atoms with Crippen molar-refractivity contribution in [1.29, 1.82) is 0 Å². The van der Waals surface area contributed by atoms with Crippen molar-refractivity contribution < 1.29 is 13.2 Å². The number of methoxy groups -OCH3 is 1. The summed E-state index contributed by atoms with van der Waals surface area (Å²) >= 11 is 0. The number of para-hydroxylation sites is 2. The molecule has 0 atom stereocenters. The summed E-state index contributed by atoms with van der Waals surface area (Å²) in [5.74, 6) is 0.699. The Morgan fingerprint density at radius 1 is 1.00 bits per heavy atom. The molecule has 0 aromatic heterocycles. The van der Waals surface area contributed by atoms with Gasteiger partial charge in [-0.15, -0.1) is 0 Å². The van der Waals surface area contributed by atoms with Crippen molar-refractivity contribution >= 4 is 21.4 Å². The van der Waals surface area contributed by atoms with Crippen LogP contribution in [0.5, 0.6) is 5.75 Å². The number of sulfonamides is 1. The number of nitrogens with zero attached hydrogens (tertiary/aromatic N) is 2. The van der Waals surface area contributed by atoms with E-state index in [-0.39, 0.29) is 0 Å². The maximum absolute atomic E-state index is 13.3. The highest BCUT2D eigenvalue weighted by Crippen LogP contribution is 2.37. The summed E-state index contributed by atoms with van der Waals surface area (Å²) in [7, 11) is -0.0582. The maximum atomic E-state index is 13.3. The lowest BCUT2D eigenvalue weighted by Crippen LogP contribution is -2.42. The Bertz CT molecular complexity index is 878. The number of hydrogen-bond acceptors (Lipinski definition) is 4. The molecule has 2 aromatic carbocycles. The monoisotopic (exact) mass is 346 g/mol. The highest BCUT2D eigenvalue weighted by molar-refractivity contribution is 7.93. The zero-order valence-electron chi connectivity index (χ0n) is 14.4. The minimum Gasteiger partial charge on any atom is -0.496 e. The van der Waals surface area contributed by atoms with Gasteiger partial charge in [0.05, 0.1) is 29.9 Å². The summed E-state index contributed by atoms with van der Waals surface area (Å²) in [6.07, 6.45) is 0. The average Bonchev–Trinajstić information content (AvgIpc) is 2.56. The first kappa shape index (κ1) is 16.6. The molecule has 1 heterocycles. The normalized spacial score (nSPS) is 14.5. The number of fused-ring (bicyclic) bond motifs is 1. The van der Waals surface area contributed by atoms with Gasteiger partial charge in [-0.25, -0.2) is 8.42 Å². The van der Waals surface area contributed by atoms with E-state index in [4.69, 9.17) is 4.74 Å². The largest absolute Gasteiger partial charge is 0.496 e. The van der Waals surface area contributed by atoms with Crippen LogP contribution in [0.4, 0.5) is 11.4 Å². The number of benzene rings is 2. The fourth-order valence-corrected chi connectivity index (χ4v) is 4.87. The van der Waals surface area contributed by atoms with E-state index in [1.165, 1.54) is 4.31 Å². The van der Waals surface area contributed by atoms with E-state index >= 15 is 0 Å². The number of rotatable bonds is 3. The number of anilines is 2. The molecule has 24 heavy (non-hydrogen) atoms. The van der Waals surface area contributed by atoms with Crippen LogP contribution in [0, 0.1) is 13.8 Å². The number of likely N-dealkylation sites (N-methyl/N-ethyl adjacent to an activating group) is 1. The summed E-state index contributed by atoms with van der Waals surface area (Å²) in [5.41, 5.74) is 3.15. The van der Waals surface area contributed by atoms with E-state index in [9.17, 15) is 8.42 Å². The molecule has 5 nitrogen and oxygen atoms in total. The van der Waals surface area contributed by atoms with Gasteiger partial charge in [-0.3, -0.25) is 4.31 Å². The number of aryl methyl sites for hydroxylation is 2. The minimum absolute atomic E-state index is 0.333. The van der Waals surface area contributed by atoms with Gasteiger partial charge in [0.25, 0.3) is 10.0 Å². The van der Waals surface area contributed by atoms with Gasteiger partial charge < -0.3 is 9.64 Å². The van der Waals surface area contributed by atoms with Crippen molar-refractivity contribution in [2.45, 2.75) is 18.7 Å². The Morgan fingerprint density at radius 3 is 2.33 bits per heavy atom. The van der Waals surface area contributed by atoms with Crippen LogP contribution in [0.2, 0.25) is 0 Å². The summed E-state index contributed by atoms with van der Waals surface area (Å²) in [4.78, 5) is 2.41. The second kappa shape index (κ2) is 6.02. The fraction of sp³-hybridized carbons (Fsp3) is 0.333. The summed E-state index contributed by atoms with van der Waals surface area (Å²) in [5, 5.41) is 0. The lowest BCUT2D eigenvalue weighted by atomic mass is 10.1. The molecule has 0 saturated carbocycles. The van der Waals surface area contributed by atoms with E-state index in [1.54, 1.807) is 26.2 Å². The molecule has 0 aliphatic carbocycles. The smallest absolute Gasteiger partial charge is 0.264 e. The van der Waals surface area contributed by atoms with Crippen LogP contribution in [0.25, 0.3) is 0 Å². The van der Waals surface area contributed by atoms with Gasteiger partial charge in [-0.2, -0.15) is 0 Å². The third-order valence-corrected chi connectivity index (χ3v) is 6.42. The Labute approximate surface area is 143 Å². The number of hydrogen-bond donors (Lipinski definition) is 0. The average molecular weight is 346 g/mol. The van der Waals surface area contributed by atoms with Crippen LogP contribution < -0.4 is 13.9 Å². The van der Waals surface area contributed by atoms with Crippen LogP contribution in [-0.4, -0.2) is 35.7 Å². The van der Waals surface area contributed by atoms with Gasteiger partial charge in [0.1, 0.15) is 5.75 Å². The molecule has 0 fully saturated rings. The molecule has 6 heteroatoms. The van der Waals surface area contributed by atoms with Crippen LogP contribution in [0.3, 0.4) is 0 Å². The second-order valence-electron chi connectivity index (χ2n) is 6.07. The van der Waals surface area contributed by atoms with Gasteiger partial charge >= 0.3 is 0 Å². The highest BCUT2D eigenvalue weighted by atomic mass is 32.2.